The number of anilines is 1. The minimum absolute atomic E-state index is 0.193. The first kappa shape index (κ1) is 23.7. The molecule has 0 aliphatic carbocycles. The summed E-state index contributed by atoms with van der Waals surface area (Å²) in [5.74, 6) is -2.19. The molecule has 0 fully saturated rings. The average Bonchev–Trinajstić information content (AvgIpc) is 2.80. The summed E-state index contributed by atoms with van der Waals surface area (Å²) < 4.78 is 15.7. The van der Waals surface area contributed by atoms with Crippen molar-refractivity contribution in [2.24, 2.45) is 0 Å². The van der Waals surface area contributed by atoms with Gasteiger partial charge in [0.2, 0.25) is 5.75 Å². The molecule has 0 bridgehead atoms. The van der Waals surface area contributed by atoms with Gasteiger partial charge in [-0.15, -0.1) is 0 Å². The van der Waals surface area contributed by atoms with E-state index in [4.69, 9.17) is 19.3 Å². The molecule has 3 amide bonds. The van der Waals surface area contributed by atoms with Crippen LogP contribution in [-0.2, 0) is 9.59 Å². The van der Waals surface area contributed by atoms with Crippen LogP contribution < -0.4 is 30.4 Å². The van der Waals surface area contributed by atoms with Gasteiger partial charge in [0.15, 0.2) is 11.5 Å². The molecule has 11 nitrogen and oxygen atoms in total. The SMILES string of the molecule is COc1cc(C(=O)Nc2ccc(C(=O)NNC(=O)C=CC(=O)O)cc2)cc(OC)c1OC. The second-order valence-electron chi connectivity index (χ2n) is 6.06. The Labute approximate surface area is 182 Å². The molecule has 2 rings (SSSR count). The number of carboxylic acid groups (broad SMARTS) is 1. The van der Waals surface area contributed by atoms with Crippen molar-refractivity contribution in [3.05, 3.63) is 59.7 Å². The molecule has 0 aliphatic heterocycles. The maximum atomic E-state index is 12.6. The van der Waals surface area contributed by atoms with E-state index in [1.165, 1.54) is 57.7 Å². The van der Waals surface area contributed by atoms with Crippen LogP contribution in [0.2, 0.25) is 0 Å². The molecule has 11 heteroatoms. The summed E-state index contributed by atoms with van der Waals surface area (Å²) in [4.78, 5) is 46.4. The lowest BCUT2D eigenvalue weighted by Crippen LogP contribution is -2.40. The summed E-state index contributed by atoms with van der Waals surface area (Å²) in [7, 11) is 4.33. The Bertz CT molecular complexity index is 1020. The highest BCUT2D eigenvalue weighted by Crippen LogP contribution is 2.38. The number of carbonyl (C=O) groups is 4. The number of methoxy groups -OCH3 is 3. The van der Waals surface area contributed by atoms with Crippen LogP contribution in [0.15, 0.2) is 48.6 Å². The number of hydrazine groups is 1. The monoisotopic (exact) mass is 443 g/mol. The Morgan fingerprint density at radius 1 is 0.781 bits per heavy atom. The number of carboxylic acids is 1. The zero-order valence-electron chi connectivity index (χ0n) is 17.4. The van der Waals surface area contributed by atoms with Crippen LogP contribution in [0.3, 0.4) is 0 Å². The molecule has 0 aliphatic rings. The van der Waals surface area contributed by atoms with E-state index in [1.54, 1.807) is 0 Å². The molecular formula is C21H21N3O8. The van der Waals surface area contributed by atoms with E-state index >= 15 is 0 Å². The fourth-order valence-electron chi connectivity index (χ4n) is 2.50. The van der Waals surface area contributed by atoms with E-state index in [0.29, 0.717) is 29.0 Å². The van der Waals surface area contributed by atoms with Crippen molar-refractivity contribution >= 4 is 29.4 Å². The van der Waals surface area contributed by atoms with Crippen molar-refractivity contribution in [2.75, 3.05) is 26.6 Å². The number of aliphatic carboxylic acids is 1. The van der Waals surface area contributed by atoms with Crippen molar-refractivity contribution in [3.63, 3.8) is 0 Å². The van der Waals surface area contributed by atoms with Gasteiger partial charge >= 0.3 is 5.97 Å². The van der Waals surface area contributed by atoms with Gasteiger partial charge in [0, 0.05) is 29.0 Å². The maximum absolute atomic E-state index is 12.6. The lowest BCUT2D eigenvalue weighted by Gasteiger charge is -2.14. The number of benzene rings is 2. The Morgan fingerprint density at radius 3 is 1.88 bits per heavy atom. The lowest BCUT2D eigenvalue weighted by molar-refractivity contribution is -0.131. The predicted molar refractivity (Wildman–Crippen MR) is 113 cm³/mol. The first-order chi connectivity index (χ1) is 15.3. The normalized spacial score (nSPS) is 10.2. The van der Waals surface area contributed by atoms with E-state index in [1.807, 2.05) is 5.43 Å². The minimum atomic E-state index is -1.30. The average molecular weight is 443 g/mol. The molecular weight excluding hydrogens is 422 g/mol. The van der Waals surface area contributed by atoms with Gasteiger partial charge in [-0.2, -0.15) is 0 Å². The van der Waals surface area contributed by atoms with Gasteiger partial charge in [-0.05, 0) is 36.4 Å². The third-order valence-corrected chi connectivity index (χ3v) is 4.01. The summed E-state index contributed by atoms with van der Waals surface area (Å²) in [5, 5.41) is 11.1. The standard InChI is InChI=1S/C21H21N3O8/c1-30-15-10-13(11-16(31-2)19(15)32-3)20(28)22-14-6-4-12(5-7-14)21(29)24-23-17(25)8-9-18(26)27/h4-11H,1-3H3,(H,22,28)(H,23,25)(H,24,29)(H,26,27). The van der Waals surface area contributed by atoms with Crippen molar-refractivity contribution in [2.45, 2.75) is 0 Å². The van der Waals surface area contributed by atoms with Crippen molar-refractivity contribution < 1.29 is 38.5 Å². The van der Waals surface area contributed by atoms with Crippen LogP contribution in [0.25, 0.3) is 0 Å². The largest absolute Gasteiger partial charge is 0.493 e. The third-order valence-electron chi connectivity index (χ3n) is 4.01. The third kappa shape index (κ3) is 6.23. The quantitative estimate of drug-likeness (QED) is 0.353. The van der Waals surface area contributed by atoms with Crippen molar-refractivity contribution in [1.29, 1.82) is 0 Å². The van der Waals surface area contributed by atoms with E-state index in [9.17, 15) is 19.2 Å². The molecule has 32 heavy (non-hydrogen) atoms. The molecule has 0 spiro atoms. The Kier molecular flexibility index (Phi) is 8.17. The fourth-order valence-corrected chi connectivity index (χ4v) is 2.50. The summed E-state index contributed by atoms with van der Waals surface area (Å²) in [6, 6.07) is 8.85. The second kappa shape index (κ2) is 11.0. The van der Waals surface area contributed by atoms with Crippen LogP contribution in [-0.4, -0.2) is 50.1 Å². The molecule has 0 atom stereocenters. The first-order valence-corrected chi connectivity index (χ1v) is 9.01. The zero-order valence-corrected chi connectivity index (χ0v) is 17.4. The molecule has 0 heterocycles. The molecule has 0 radical (unpaired) electrons. The number of hydrogen-bond acceptors (Lipinski definition) is 7. The van der Waals surface area contributed by atoms with Gasteiger partial charge in [0.25, 0.3) is 17.7 Å². The number of hydrogen-bond donors (Lipinski definition) is 4. The molecule has 168 valence electrons. The first-order valence-electron chi connectivity index (χ1n) is 9.01. The summed E-state index contributed by atoms with van der Waals surface area (Å²) in [5.41, 5.74) is 5.04. The molecule has 0 saturated heterocycles. The Morgan fingerprint density at radius 2 is 1.38 bits per heavy atom. The van der Waals surface area contributed by atoms with Crippen molar-refractivity contribution in [3.8, 4) is 17.2 Å². The highest BCUT2D eigenvalue weighted by Gasteiger charge is 2.17. The van der Waals surface area contributed by atoms with E-state index in [2.05, 4.69) is 10.7 Å². The lowest BCUT2D eigenvalue weighted by atomic mass is 10.1. The molecule has 0 unspecified atom stereocenters. The van der Waals surface area contributed by atoms with Crippen molar-refractivity contribution in [1.82, 2.24) is 10.9 Å². The smallest absolute Gasteiger partial charge is 0.328 e. The Hall–Kier alpha value is -4.54. The van der Waals surface area contributed by atoms with E-state index in [-0.39, 0.29) is 11.1 Å². The van der Waals surface area contributed by atoms with Gasteiger partial charge in [0.05, 0.1) is 21.3 Å². The number of amides is 3. The molecule has 4 N–H and O–H groups in total. The molecule has 2 aromatic rings. The molecule has 0 saturated carbocycles. The van der Waals surface area contributed by atoms with Gasteiger partial charge < -0.3 is 24.6 Å². The summed E-state index contributed by atoms with van der Waals surface area (Å²) >= 11 is 0. The molecule has 0 aromatic heterocycles. The molecule has 2 aromatic carbocycles. The van der Waals surface area contributed by atoms with Crippen LogP contribution in [0, 0.1) is 0 Å². The van der Waals surface area contributed by atoms with Crippen LogP contribution >= 0.6 is 0 Å². The Balaban J connectivity index is 2.04. The fraction of sp³-hybridized carbons (Fsp3) is 0.143. The minimum Gasteiger partial charge on any atom is -0.493 e. The number of ether oxygens (including phenoxy) is 3. The predicted octanol–water partition coefficient (Wildman–Crippen LogP) is 1.37. The van der Waals surface area contributed by atoms with E-state index < -0.39 is 23.7 Å². The van der Waals surface area contributed by atoms with Crippen LogP contribution in [0.1, 0.15) is 20.7 Å². The number of rotatable bonds is 8. The van der Waals surface area contributed by atoms with Gasteiger partial charge in [-0.25, -0.2) is 4.79 Å². The van der Waals surface area contributed by atoms with Gasteiger partial charge in [-0.1, -0.05) is 0 Å². The van der Waals surface area contributed by atoms with Gasteiger partial charge in [0.1, 0.15) is 0 Å². The number of carbonyl (C=O) groups excluding carboxylic acids is 3. The van der Waals surface area contributed by atoms with E-state index in [0.717, 1.165) is 6.08 Å². The van der Waals surface area contributed by atoms with Gasteiger partial charge in [-0.3, -0.25) is 25.2 Å². The topological polar surface area (TPSA) is 152 Å². The summed E-state index contributed by atoms with van der Waals surface area (Å²) in [6.45, 7) is 0. The van der Waals surface area contributed by atoms with Crippen LogP contribution in [0.5, 0.6) is 17.2 Å². The zero-order chi connectivity index (χ0) is 23.7. The highest BCUT2D eigenvalue weighted by atomic mass is 16.5. The summed E-state index contributed by atoms with van der Waals surface area (Å²) in [6.07, 6.45) is 1.39. The van der Waals surface area contributed by atoms with Crippen LogP contribution in [0.4, 0.5) is 5.69 Å². The highest BCUT2D eigenvalue weighted by molar-refractivity contribution is 6.05. The number of nitrogens with one attached hydrogen (secondary N) is 3. The maximum Gasteiger partial charge on any atom is 0.328 e. The second-order valence-corrected chi connectivity index (χ2v) is 6.06.